The second-order valence-electron chi connectivity index (χ2n) is 4.81. The molecule has 0 radical (unpaired) electrons. The van der Waals surface area contributed by atoms with Gasteiger partial charge in [0.05, 0.1) is 12.2 Å². The summed E-state index contributed by atoms with van der Waals surface area (Å²) in [5.74, 6) is 0. The van der Waals surface area contributed by atoms with E-state index in [1.165, 1.54) is 16.6 Å². The van der Waals surface area contributed by atoms with Gasteiger partial charge in [-0.05, 0) is 45.8 Å². The summed E-state index contributed by atoms with van der Waals surface area (Å²) in [7, 11) is 0. The maximum atomic E-state index is 5.93. The Labute approximate surface area is 155 Å². The van der Waals surface area contributed by atoms with Gasteiger partial charge in [-0.1, -0.05) is 29.8 Å². The number of aromatic nitrogens is 5. The minimum atomic E-state index is 0.669. The predicted octanol–water partition coefficient (Wildman–Crippen LogP) is 4.71. The number of nitrogens with zero attached hydrogens (tertiary/aromatic N) is 5. The molecule has 0 unspecified atom stereocenters. The number of thiazole rings is 1. The first-order valence-corrected chi connectivity index (χ1v) is 9.91. The summed E-state index contributed by atoms with van der Waals surface area (Å²) in [4.78, 5) is 5.87. The summed E-state index contributed by atoms with van der Waals surface area (Å²) >= 11 is 10.7. The standard InChI is InChI=1S/C15H10ClN5S3/c16-11-5-3-10(4-6-11)13-9-23-15(17-13)24-14-18-19-20-21(14)8-12-2-1-7-22-12/h1-7,9H,8H2. The van der Waals surface area contributed by atoms with Crippen molar-refractivity contribution in [2.24, 2.45) is 0 Å². The minimum Gasteiger partial charge on any atom is -0.229 e. The molecule has 0 N–H and O–H groups in total. The highest BCUT2D eigenvalue weighted by Gasteiger charge is 2.12. The molecule has 0 aliphatic heterocycles. The third kappa shape index (κ3) is 3.51. The number of hydrogen-bond acceptors (Lipinski definition) is 7. The normalized spacial score (nSPS) is 11.0. The van der Waals surface area contributed by atoms with Crippen molar-refractivity contribution in [3.05, 3.63) is 57.1 Å². The Kier molecular flexibility index (Phi) is 4.61. The van der Waals surface area contributed by atoms with Gasteiger partial charge in [-0.15, -0.1) is 27.8 Å². The first kappa shape index (κ1) is 15.8. The Bertz CT molecular complexity index is 930. The smallest absolute Gasteiger partial charge is 0.216 e. The van der Waals surface area contributed by atoms with E-state index >= 15 is 0 Å². The Morgan fingerprint density at radius 2 is 2.00 bits per heavy atom. The number of benzene rings is 1. The van der Waals surface area contributed by atoms with Crippen molar-refractivity contribution in [1.29, 1.82) is 0 Å². The van der Waals surface area contributed by atoms with Crippen molar-refractivity contribution in [3.63, 3.8) is 0 Å². The lowest BCUT2D eigenvalue weighted by Gasteiger charge is -2.00. The van der Waals surface area contributed by atoms with E-state index < -0.39 is 0 Å². The highest BCUT2D eigenvalue weighted by atomic mass is 35.5. The van der Waals surface area contributed by atoms with E-state index in [4.69, 9.17) is 11.6 Å². The van der Waals surface area contributed by atoms with Crippen molar-refractivity contribution in [2.75, 3.05) is 0 Å². The summed E-state index contributed by atoms with van der Waals surface area (Å²) in [6, 6.07) is 11.8. The van der Waals surface area contributed by atoms with Gasteiger partial charge in [0.15, 0.2) is 4.34 Å². The summed E-state index contributed by atoms with van der Waals surface area (Å²) < 4.78 is 2.70. The molecule has 3 aromatic heterocycles. The van der Waals surface area contributed by atoms with Gasteiger partial charge in [-0.2, -0.15) is 0 Å². The summed E-state index contributed by atoms with van der Waals surface area (Å²) in [6.45, 7) is 0.669. The van der Waals surface area contributed by atoms with Crippen LogP contribution in [0.15, 0.2) is 56.7 Å². The number of thiophene rings is 1. The van der Waals surface area contributed by atoms with Crippen molar-refractivity contribution in [3.8, 4) is 11.3 Å². The fourth-order valence-corrected chi connectivity index (χ4v) is 4.56. The molecule has 4 rings (SSSR count). The predicted molar refractivity (Wildman–Crippen MR) is 97.9 cm³/mol. The average molecular weight is 392 g/mol. The van der Waals surface area contributed by atoms with Crippen LogP contribution >= 0.6 is 46.0 Å². The molecule has 0 fully saturated rings. The van der Waals surface area contributed by atoms with Gasteiger partial charge in [0.1, 0.15) is 0 Å². The topological polar surface area (TPSA) is 56.5 Å². The lowest BCUT2D eigenvalue weighted by Crippen LogP contribution is -2.02. The summed E-state index contributed by atoms with van der Waals surface area (Å²) in [5, 5.41) is 17.5. The van der Waals surface area contributed by atoms with E-state index in [1.54, 1.807) is 27.4 Å². The van der Waals surface area contributed by atoms with Crippen LogP contribution in [0.2, 0.25) is 5.02 Å². The van der Waals surface area contributed by atoms with Gasteiger partial charge in [0.25, 0.3) is 0 Å². The largest absolute Gasteiger partial charge is 0.229 e. The van der Waals surface area contributed by atoms with Crippen LogP contribution in [-0.2, 0) is 6.54 Å². The van der Waals surface area contributed by atoms with Crippen LogP contribution in [0.5, 0.6) is 0 Å². The average Bonchev–Trinajstić information content (AvgIpc) is 3.32. The molecule has 0 aliphatic carbocycles. The molecule has 0 saturated heterocycles. The van der Waals surface area contributed by atoms with Crippen molar-refractivity contribution in [2.45, 2.75) is 16.0 Å². The number of tetrazole rings is 1. The fraction of sp³-hybridized carbons (Fsp3) is 0.0667. The lowest BCUT2D eigenvalue weighted by atomic mass is 10.2. The Morgan fingerprint density at radius 3 is 2.79 bits per heavy atom. The van der Waals surface area contributed by atoms with Crippen LogP contribution in [0, 0.1) is 0 Å². The SMILES string of the molecule is Clc1ccc(-c2csc(Sc3nnnn3Cc3cccs3)n2)cc1. The van der Waals surface area contributed by atoms with Gasteiger partial charge >= 0.3 is 0 Å². The van der Waals surface area contributed by atoms with Crippen LogP contribution in [0.25, 0.3) is 11.3 Å². The summed E-state index contributed by atoms with van der Waals surface area (Å²) in [6.07, 6.45) is 0. The second-order valence-corrected chi connectivity index (χ2v) is 8.35. The number of halogens is 1. The maximum absolute atomic E-state index is 5.93. The van der Waals surface area contributed by atoms with E-state index in [9.17, 15) is 0 Å². The molecule has 5 nitrogen and oxygen atoms in total. The molecule has 4 aromatic rings. The van der Waals surface area contributed by atoms with Gasteiger partial charge < -0.3 is 0 Å². The van der Waals surface area contributed by atoms with E-state index in [1.807, 2.05) is 41.1 Å². The van der Waals surface area contributed by atoms with Gasteiger partial charge in [-0.25, -0.2) is 9.67 Å². The molecule has 1 aromatic carbocycles. The van der Waals surface area contributed by atoms with Crippen molar-refractivity contribution < 1.29 is 0 Å². The Hall–Kier alpha value is -1.74. The number of rotatable bonds is 5. The zero-order chi connectivity index (χ0) is 16.4. The second kappa shape index (κ2) is 7.02. The van der Waals surface area contributed by atoms with Crippen LogP contribution in [0.1, 0.15) is 4.88 Å². The van der Waals surface area contributed by atoms with Crippen molar-refractivity contribution >= 4 is 46.0 Å². The fourth-order valence-electron chi connectivity index (χ4n) is 2.05. The minimum absolute atomic E-state index is 0.669. The highest BCUT2D eigenvalue weighted by molar-refractivity contribution is 8.00. The lowest BCUT2D eigenvalue weighted by molar-refractivity contribution is 0.608. The first-order chi connectivity index (χ1) is 11.8. The Morgan fingerprint density at radius 1 is 1.12 bits per heavy atom. The molecule has 0 saturated carbocycles. The van der Waals surface area contributed by atoms with Crippen LogP contribution in [-0.4, -0.2) is 25.2 Å². The maximum Gasteiger partial charge on any atom is 0.216 e. The highest BCUT2D eigenvalue weighted by Crippen LogP contribution is 2.32. The van der Waals surface area contributed by atoms with Gasteiger partial charge in [0.2, 0.25) is 5.16 Å². The van der Waals surface area contributed by atoms with Crippen LogP contribution in [0.4, 0.5) is 0 Å². The van der Waals surface area contributed by atoms with E-state index in [0.29, 0.717) is 6.54 Å². The molecule has 0 aliphatic rings. The van der Waals surface area contributed by atoms with Gasteiger partial charge in [0, 0.05) is 20.8 Å². The zero-order valence-electron chi connectivity index (χ0n) is 12.2. The molecule has 0 amide bonds. The quantitative estimate of drug-likeness (QED) is 0.493. The molecule has 24 heavy (non-hydrogen) atoms. The third-order valence-electron chi connectivity index (χ3n) is 3.19. The first-order valence-electron chi connectivity index (χ1n) is 6.96. The van der Waals surface area contributed by atoms with E-state index in [-0.39, 0.29) is 0 Å². The van der Waals surface area contributed by atoms with Gasteiger partial charge in [-0.3, -0.25) is 0 Å². The van der Waals surface area contributed by atoms with Crippen LogP contribution in [0.3, 0.4) is 0 Å². The number of hydrogen-bond donors (Lipinski definition) is 0. The zero-order valence-corrected chi connectivity index (χ0v) is 15.4. The molecular formula is C15H10ClN5S3. The monoisotopic (exact) mass is 391 g/mol. The molecule has 0 atom stereocenters. The van der Waals surface area contributed by atoms with Crippen molar-refractivity contribution in [1.82, 2.24) is 25.2 Å². The molecule has 120 valence electrons. The molecular weight excluding hydrogens is 382 g/mol. The third-order valence-corrected chi connectivity index (χ3v) is 6.21. The molecule has 3 heterocycles. The molecule has 9 heteroatoms. The van der Waals surface area contributed by atoms with Crippen LogP contribution < -0.4 is 0 Å². The Balaban J connectivity index is 1.52. The molecule has 0 bridgehead atoms. The van der Waals surface area contributed by atoms with E-state index in [2.05, 4.69) is 26.6 Å². The molecule has 0 spiro atoms. The van der Waals surface area contributed by atoms with E-state index in [0.717, 1.165) is 25.8 Å². The summed E-state index contributed by atoms with van der Waals surface area (Å²) in [5.41, 5.74) is 1.97.